The van der Waals surface area contributed by atoms with E-state index in [0.717, 1.165) is 17.1 Å². The molecule has 0 spiro atoms. The first kappa shape index (κ1) is 21.5. The zero-order valence-corrected chi connectivity index (χ0v) is 16.8. The number of aliphatic imine (C=N–C) groups is 1. The molecule has 0 radical (unpaired) electrons. The Hall–Kier alpha value is -2.80. The van der Waals surface area contributed by atoms with Gasteiger partial charge in [-0.25, -0.2) is 4.39 Å². The molecule has 0 bridgehead atoms. The van der Waals surface area contributed by atoms with Crippen LogP contribution in [0.5, 0.6) is 11.5 Å². The molecule has 0 aliphatic heterocycles. The summed E-state index contributed by atoms with van der Waals surface area (Å²) in [6.07, 6.45) is -0.807. The van der Waals surface area contributed by atoms with Crippen LogP contribution in [0.3, 0.4) is 0 Å². The number of guanidine groups is 1. The summed E-state index contributed by atoms with van der Waals surface area (Å²) in [4.78, 5) is 6.47. The van der Waals surface area contributed by atoms with E-state index in [1.165, 1.54) is 12.1 Å². The molecule has 1 atom stereocenters. The number of ether oxygens (including phenoxy) is 2. The Balaban J connectivity index is 2.11. The van der Waals surface area contributed by atoms with E-state index < -0.39 is 6.10 Å². The molecule has 28 heavy (non-hydrogen) atoms. The van der Waals surface area contributed by atoms with E-state index in [-0.39, 0.29) is 12.4 Å². The molecule has 2 N–H and O–H groups in total. The third-order valence-electron chi connectivity index (χ3n) is 4.27. The van der Waals surface area contributed by atoms with E-state index in [1.807, 2.05) is 37.1 Å². The molecule has 0 saturated heterocycles. The number of methoxy groups -OCH3 is 2. The molecule has 0 aromatic heterocycles. The maximum absolute atomic E-state index is 13.0. The van der Waals surface area contributed by atoms with Crippen LogP contribution in [-0.2, 0) is 6.54 Å². The largest absolute Gasteiger partial charge is 0.497 e. The second kappa shape index (κ2) is 10.5. The molecule has 0 fully saturated rings. The lowest BCUT2D eigenvalue weighted by atomic mass is 10.1. The summed E-state index contributed by atoms with van der Waals surface area (Å²) in [6, 6.07) is 11.5. The highest BCUT2D eigenvalue weighted by atomic mass is 19.1. The van der Waals surface area contributed by atoms with Crippen LogP contribution < -0.4 is 14.8 Å². The number of nitrogens with zero attached hydrogens (tertiary/aromatic N) is 2. The molecule has 6 nitrogen and oxygen atoms in total. The molecule has 152 valence electrons. The predicted molar refractivity (Wildman–Crippen MR) is 108 cm³/mol. The third kappa shape index (κ3) is 5.85. The van der Waals surface area contributed by atoms with Crippen molar-refractivity contribution >= 4 is 5.96 Å². The Morgan fingerprint density at radius 3 is 2.50 bits per heavy atom. The van der Waals surface area contributed by atoms with Crippen molar-refractivity contribution in [1.82, 2.24) is 10.2 Å². The molecular weight excluding hydrogens is 361 g/mol. The molecule has 0 saturated carbocycles. The minimum Gasteiger partial charge on any atom is -0.497 e. The highest BCUT2D eigenvalue weighted by molar-refractivity contribution is 5.79. The summed E-state index contributed by atoms with van der Waals surface area (Å²) in [5.41, 5.74) is 1.61. The minimum atomic E-state index is -0.807. The van der Waals surface area contributed by atoms with Crippen LogP contribution in [0.15, 0.2) is 47.5 Å². The summed E-state index contributed by atoms with van der Waals surface area (Å²) in [5.74, 6) is 1.78. The molecule has 1 unspecified atom stereocenters. The van der Waals surface area contributed by atoms with Crippen LogP contribution in [0.25, 0.3) is 0 Å². The highest BCUT2D eigenvalue weighted by Gasteiger charge is 2.13. The normalized spacial score (nSPS) is 12.4. The van der Waals surface area contributed by atoms with Gasteiger partial charge in [0.2, 0.25) is 0 Å². The van der Waals surface area contributed by atoms with E-state index in [9.17, 15) is 9.50 Å². The van der Waals surface area contributed by atoms with Crippen LogP contribution in [0, 0.1) is 5.82 Å². The first-order valence-electron chi connectivity index (χ1n) is 9.12. The Morgan fingerprint density at radius 2 is 1.89 bits per heavy atom. The Morgan fingerprint density at radius 1 is 1.18 bits per heavy atom. The summed E-state index contributed by atoms with van der Waals surface area (Å²) >= 11 is 0. The number of hydrogen-bond acceptors (Lipinski definition) is 4. The van der Waals surface area contributed by atoms with Crippen molar-refractivity contribution in [3.8, 4) is 11.5 Å². The molecule has 0 aliphatic rings. The first-order chi connectivity index (χ1) is 13.5. The van der Waals surface area contributed by atoms with Crippen molar-refractivity contribution in [1.29, 1.82) is 0 Å². The van der Waals surface area contributed by atoms with Gasteiger partial charge in [-0.3, -0.25) is 4.99 Å². The zero-order valence-electron chi connectivity index (χ0n) is 16.8. The maximum atomic E-state index is 13.0. The highest BCUT2D eigenvalue weighted by Crippen LogP contribution is 2.25. The summed E-state index contributed by atoms with van der Waals surface area (Å²) in [7, 11) is 5.15. The Labute approximate surface area is 165 Å². The number of aliphatic hydroxyl groups excluding tert-OH is 1. The number of halogens is 1. The topological polar surface area (TPSA) is 66.3 Å². The lowest BCUT2D eigenvalue weighted by Gasteiger charge is -2.23. The smallest absolute Gasteiger partial charge is 0.194 e. The quantitative estimate of drug-likeness (QED) is 0.537. The van der Waals surface area contributed by atoms with E-state index in [4.69, 9.17) is 9.47 Å². The first-order valence-corrected chi connectivity index (χ1v) is 9.12. The lowest BCUT2D eigenvalue weighted by molar-refractivity contribution is 0.186. The van der Waals surface area contributed by atoms with Gasteiger partial charge in [-0.15, -0.1) is 0 Å². The van der Waals surface area contributed by atoms with Gasteiger partial charge >= 0.3 is 0 Å². The summed E-state index contributed by atoms with van der Waals surface area (Å²) in [5, 5.41) is 13.5. The number of hydrogen-bond donors (Lipinski definition) is 2. The van der Waals surface area contributed by atoms with E-state index in [1.54, 1.807) is 26.4 Å². The molecule has 0 aliphatic carbocycles. The summed E-state index contributed by atoms with van der Waals surface area (Å²) in [6.45, 7) is 3.40. The van der Waals surface area contributed by atoms with Gasteiger partial charge in [-0.05, 0) is 36.8 Å². The van der Waals surface area contributed by atoms with E-state index in [0.29, 0.717) is 24.6 Å². The molecule has 2 rings (SSSR count). The molecule has 2 aromatic carbocycles. The Kier molecular flexibility index (Phi) is 8.07. The number of aliphatic hydroxyl groups is 1. The maximum Gasteiger partial charge on any atom is 0.194 e. The van der Waals surface area contributed by atoms with Gasteiger partial charge in [0.1, 0.15) is 17.3 Å². The van der Waals surface area contributed by atoms with Crippen molar-refractivity contribution in [2.75, 3.05) is 34.4 Å². The van der Waals surface area contributed by atoms with Crippen molar-refractivity contribution in [2.45, 2.75) is 19.6 Å². The fraction of sp³-hybridized carbons (Fsp3) is 0.381. The SMILES string of the molecule is CCNC(=NCC(O)c1ccc(F)cc1)N(C)Cc1ccc(OC)cc1OC. The van der Waals surface area contributed by atoms with Gasteiger partial charge in [0, 0.05) is 31.8 Å². The average molecular weight is 389 g/mol. The average Bonchev–Trinajstić information content (AvgIpc) is 2.71. The monoisotopic (exact) mass is 389 g/mol. The molecule has 0 heterocycles. The second-order valence-electron chi connectivity index (χ2n) is 6.30. The third-order valence-corrected chi connectivity index (χ3v) is 4.27. The van der Waals surface area contributed by atoms with Gasteiger partial charge < -0.3 is 24.8 Å². The Bertz CT molecular complexity index is 781. The summed E-state index contributed by atoms with van der Waals surface area (Å²) < 4.78 is 23.7. The minimum absolute atomic E-state index is 0.165. The van der Waals surface area contributed by atoms with Crippen molar-refractivity contribution in [2.24, 2.45) is 4.99 Å². The van der Waals surface area contributed by atoms with Crippen molar-refractivity contribution in [3.63, 3.8) is 0 Å². The van der Waals surface area contributed by atoms with Crippen molar-refractivity contribution in [3.05, 3.63) is 59.4 Å². The van der Waals surface area contributed by atoms with Crippen LogP contribution in [0.2, 0.25) is 0 Å². The fourth-order valence-electron chi connectivity index (χ4n) is 2.75. The molecule has 0 amide bonds. The van der Waals surface area contributed by atoms with Gasteiger partial charge in [0.15, 0.2) is 5.96 Å². The van der Waals surface area contributed by atoms with Crippen LogP contribution in [0.1, 0.15) is 24.2 Å². The van der Waals surface area contributed by atoms with Gasteiger partial charge in [0.25, 0.3) is 0 Å². The fourth-order valence-corrected chi connectivity index (χ4v) is 2.75. The van der Waals surface area contributed by atoms with Gasteiger partial charge in [0.05, 0.1) is 26.9 Å². The number of rotatable bonds is 8. The van der Waals surface area contributed by atoms with Crippen LogP contribution in [-0.4, -0.2) is 50.3 Å². The standard InChI is InChI=1S/C21H28FN3O3/c1-5-23-21(24-13-19(26)15-6-9-17(22)10-7-15)25(2)14-16-8-11-18(27-3)12-20(16)28-4/h6-12,19,26H,5,13-14H2,1-4H3,(H,23,24). The number of nitrogens with one attached hydrogen (secondary N) is 1. The van der Waals surface area contributed by atoms with Crippen molar-refractivity contribution < 1.29 is 19.0 Å². The lowest BCUT2D eigenvalue weighted by Crippen LogP contribution is -2.38. The van der Waals surface area contributed by atoms with E-state index in [2.05, 4.69) is 10.3 Å². The molecular formula is C21H28FN3O3. The van der Waals surface area contributed by atoms with Crippen LogP contribution >= 0.6 is 0 Å². The predicted octanol–water partition coefficient (Wildman–Crippen LogP) is 2.97. The molecule has 7 heteroatoms. The van der Waals surface area contributed by atoms with Gasteiger partial charge in [-0.1, -0.05) is 12.1 Å². The molecule has 2 aromatic rings. The van der Waals surface area contributed by atoms with Crippen LogP contribution in [0.4, 0.5) is 4.39 Å². The number of benzene rings is 2. The van der Waals surface area contributed by atoms with E-state index >= 15 is 0 Å². The van der Waals surface area contributed by atoms with Gasteiger partial charge in [-0.2, -0.15) is 0 Å². The second-order valence-corrected chi connectivity index (χ2v) is 6.30. The zero-order chi connectivity index (χ0) is 20.5.